The lowest BCUT2D eigenvalue weighted by Crippen LogP contribution is -2.42. The summed E-state index contributed by atoms with van der Waals surface area (Å²) < 4.78 is 6.50. The van der Waals surface area contributed by atoms with Crippen LogP contribution in [0.3, 0.4) is 0 Å². The first-order valence-electron chi connectivity index (χ1n) is 13.9. The number of fused-ring (bicyclic) bond motifs is 1. The van der Waals surface area contributed by atoms with Gasteiger partial charge in [-0.2, -0.15) is 0 Å². The van der Waals surface area contributed by atoms with Gasteiger partial charge in [0.2, 0.25) is 0 Å². The molecule has 4 rings (SSSR count). The van der Waals surface area contributed by atoms with Crippen LogP contribution in [-0.4, -0.2) is 34.1 Å². The predicted octanol–water partition coefficient (Wildman–Crippen LogP) is 6.21. The number of rotatable bonds is 7. The van der Waals surface area contributed by atoms with Crippen LogP contribution in [0, 0.1) is 23.2 Å². The summed E-state index contributed by atoms with van der Waals surface area (Å²) >= 11 is 0. The van der Waals surface area contributed by atoms with Crippen molar-refractivity contribution in [2.45, 2.75) is 97.1 Å². The molecular formula is C32H46O4. The first-order chi connectivity index (χ1) is 17.0. The first kappa shape index (κ1) is 27.3. The van der Waals surface area contributed by atoms with Crippen LogP contribution in [0.2, 0.25) is 0 Å². The number of hydrogen-bond donors (Lipinski definition) is 3. The van der Waals surface area contributed by atoms with E-state index in [2.05, 4.69) is 44.7 Å². The minimum atomic E-state index is -0.860. The average molecular weight is 495 g/mol. The Morgan fingerprint density at radius 2 is 1.97 bits per heavy atom. The van der Waals surface area contributed by atoms with E-state index in [9.17, 15) is 15.3 Å². The van der Waals surface area contributed by atoms with Crippen molar-refractivity contribution in [1.82, 2.24) is 0 Å². The molecule has 0 saturated heterocycles. The van der Waals surface area contributed by atoms with E-state index in [1.54, 1.807) is 0 Å². The van der Waals surface area contributed by atoms with Gasteiger partial charge in [-0.25, -0.2) is 0 Å². The van der Waals surface area contributed by atoms with Gasteiger partial charge in [-0.1, -0.05) is 62.4 Å². The molecule has 36 heavy (non-hydrogen) atoms. The van der Waals surface area contributed by atoms with E-state index in [1.807, 2.05) is 26.0 Å². The number of allylic oxidation sites excluding steroid dienone is 3. The monoisotopic (exact) mass is 494 g/mol. The fourth-order valence-electron chi connectivity index (χ4n) is 7.23. The molecule has 0 heterocycles. The quantitative estimate of drug-likeness (QED) is 0.422. The van der Waals surface area contributed by atoms with Crippen molar-refractivity contribution in [3.63, 3.8) is 0 Å². The third kappa shape index (κ3) is 5.72. The maximum Gasteiger partial charge on any atom is 0.0840 e. The molecule has 3 aliphatic carbocycles. The highest BCUT2D eigenvalue weighted by Crippen LogP contribution is 2.59. The van der Waals surface area contributed by atoms with E-state index in [-0.39, 0.29) is 5.41 Å². The van der Waals surface area contributed by atoms with Crippen molar-refractivity contribution in [1.29, 1.82) is 0 Å². The zero-order valence-electron chi connectivity index (χ0n) is 22.7. The SMILES string of the molecule is C=C1/C(=C/C=C2\CCC[C@]3(COCc4cccc(C(C)(C)O)c4)[C@@H](C(C)C)CC[C@@H]23)C[C@@H](O)C[C@@H]1O. The molecule has 0 radical (unpaired) electrons. The molecule has 0 bridgehead atoms. The summed E-state index contributed by atoms with van der Waals surface area (Å²) in [6.07, 6.45) is 10.1. The third-order valence-electron chi connectivity index (χ3n) is 9.10. The summed E-state index contributed by atoms with van der Waals surface area (Å²) in [7, 11) is 0. The van der Waals surface area contributed by atoms with Crippen molar-refractivity contribution in [3.8, 4) is 0 Å². The number of aliphatic hydroxyl groups is 3. The lowest BCUT2D eigenvalue weighted by molar-refractivity contribution is -0.0342. The van der Waals surface area contributed by atoms with Crippen LogP contribution in [0.5, 0.6) is 0 Å². The molecule has 4 nitrogen and oxygen atoms in total. The Labute approximate surface area is 217 Å². The summed E-state index contributed by atoms with van der Waals surface area (Å²) in [5, 5.41) is 30.8. The molecule has 198 valence electrons. The summed E-state index contributed by atoms with van der Waals surface area (Å²) in [6.45, 7) is 13.7. The van der Waals surface area contributed by atoms with Crippen LogP contribution in [0.25, 0.3) is 0 Å². The van der Waals surface area contributed by atoms with E-state index >= 15 is 0 Å². The van der Waals surface area contributed by atoms with Gasteiger partial charge in [0.1, 0.15) is 0 Å². The van der Waals surface area contributed by atoms with Gasteiger partial charge >= 0.3 is 0 Å². The molecule has 0 amide bonds. The molecule has 1 aromatic rings. The molecule has 5 atom stereocenters. The average Bonchev–Trinajstić information content (AvgIpc) is 3.20. The van der Waals surface area contributed by atoms with E-state index < -0.39 is 17.8 Å². The Kier molecular flexibility index (Phi) is 8.31. The number of aliphatic hydroxyl groups excluding tert-OH is 2. The number of benzene rings is 1. The van der Waals surface area contributed by atoms with E-state index in [0.717, 1.165) is 35.3 Å². The van der Waals surface area contributed by atoms with Gasteiger partial charge in [0.25, 0.3) is 0 Å². The molecule has 4 heteroatoms. The van der Waals surface area contributed by atoms with Gasteiger partial charge in [0.15, 0.2) is 0 Å². The standard InChI is InChI=1S/C32H46O4/c1-21(2)28-13-14-29-24(11-12-25-17-27(33)18-30(34)22(25)3)9-7-15-32(28,29)20-36-19-23-8-6-10-26(16-23)31(4,5)35/h6,8,10-12,16,21,27-30,33-35H,3,7,9,13-15,17-20H2,1-2,4-5H3/b24-11+,25-12+/t27-,28-,29+,30+,32+/m1/s1. The van der Waals surface area contributed by atoms with E-state index in [1.165, 1.54) is 31.3 Å². The molecule has 1 aromatic carbocycles. The Morgan fingerprint density at radius 1 is 1.19 bits per heavy atom. The van der Waals surface area contributed by atoms with Gasteiger partial charge in [-0.05, 0) is 92.4 Å². The summed E-state index contributed by atoms with van der Waals surface area (Å²) in [6, 6.07) is 8.11. The highest BCUT2D eigenvalue weighted by atomic mass is 16.5. The maximum atomic E-state index is 10.4. The minimum absolute atomic E-state index is 0.146. The molecule has 3 fully saturated rings. The summed E-state index contributed by atoms with van der Waals surface area (Å²) in [5.74, 6) is 1.75. The summed E-state index contributed by atoms with van der Waals surface area (Å²) in [4.78, 5) is 0. The molecule has 3 aliphatic rings. The van der Waals surface area contributed by atoms with Crippen LogP contribution >= 0.6 is 0 Å². The molecular weight excluding hydrogens is 448 g/mol. The highest BCUT2D eigenvalue weighted by Gasteiger charge is 2.53. The molecule has 0 aromatic heterocycles. The zero-order valence-corrected chi connectivity index (χ0v) is 22.7. The third-order valence-corrected chi connectivity index (χ3v) is 9.10. The largest absolute Gasteiger partial charge is 0.393 e. The topological polar surface area (TPSA) is 69.9 Å². The number of ether oxygens (including phenoxy) is 1. The molecule has 0 aliphatic heterocycles. The molecule has 0 unspecified atom stereocenters. The van der Waals surface area contributed by atoms with Crippen molar-refractivity contribution in [3.05, 3.63) is 70.8 Å². The van der Waals surface area contributed by atoms with Crippen molar-refractivity contribution in [2.24, 2.45) is 23.2 Å². The Bertz CT molecular complexity index is 998. The fraction of sp³-hybridized carbons (Fsp3) is 0.625. The second-order valence-electron chi connectivity index (χ2n) is 12.4. The van der Waals surface area contributed by atoms with E-state index in [0.29, 0.717) is 37.2 Å². The van der Waals surface area contributed by atoms with Gasteiger partial charge in [0, 0.05) is 11.8 Å². The zero-order chi connectivity index (χ0) is 26.1. The molecule has 0 spiro atoms. The van der Waals surface area contributed by atoms with Crippen LogP contribution < -0.4 is 0 Å². The van der Waals surface area contributed by atoms with Crippen LogP contribution in [-0.2, 0) is 16.9 Å². The maximum absolute atomic E-state index is 10.4. The lowest BCUT2D eigenvalue weighted by atomic mass is 9.60. The number of hydrogen-bond acceptors (Lipinski definition) is 4. The predicted molar refractivity (Wildman–Crippen MR) is 145 cm³/mol. The molecule has 3 saturated carbocycles. The second-order valence-corrected chi connectivity index (χ2v) is 12.4. The lowest BCUT2D eigenvalue weighted by Gasteiger charge is -2.46. The van der Waals surface area contributed by atoms with Gasteiger partial charge in [-0.15, -0.1) is 0 Å². The smallest absolute Gasteiger partial charge is 0.0840 e. The highest BCUT2D eigenvalue weighted by molar-refractivity contribution is 5.39. The second kappa shape index (κ2) is 10.9. The normalized spacial score (nSPS) is 33.5. The van der Waals surface area contributed by atoms with Gasteiger partial charge < -0.3 is 20.1 Å². The molecule has 3 N–H and O–H groups in total. The minimum Gasteiger partial charge on any atom is -0.393 e. The Hall–Kier alpha value is -1.72. The van der Waals surface area contributed by atoms with Gasteiger partial charge in [-0.3, -0.25) is 0 Å². The summed E-state index contributed by atoms with van der Waals surface area (Å²) in [5.41, 5.74) is 4.52. The van der Waals surface area contributed by atoms with Crippen LogP contribution in [0.15, 0.2) is 59.7 Å². The van der Waals surface area contributed by atoms with Crippen LogP contribution in [0.4, 0.5) is 0 Å². The fourth-order valence-corrected chi connectivity index (χ4v) is 7.23. The first-order valence-corrected chi connectivity index (χ1v) is 13.9. The van der Waals surface area contributed by atoms with Crippen molar-refractivity contribution < 1.29 is 20.1 Å². The van der Waals surface area contributed by atoms with Crippen LogP contribution in [0.1, 0.15) is 83.8 Å². The van der Waals surface area contributed by atoms with Crippen molar-refractivity contribution >= 4 is 0 Å². The Balaban J connectivity index is 1.54. The van der Waals surface area contributed by atoms with E-state index in [4.69, 9.17) is 4.74 Å². The Morgan fingerprint density at radius 3 is 2.69 bits per heavy atom. The van der Waals surface area contributed by atoms with Crippen molar-refractivity contribution in [2.75, 3.05) is 6.61 Å². The van der Waals surface area contributed by atoms with Gasteiger partial charge in [0.05, 0.1) is 31.0 Å².